The number of rotatable bonds is 5. The molecule has 5 heteroatoms. The van der Waals surface area contributed by atoms with Crippen LogP contribution in [0.4, 0.5) is 17.2 Å². The Morgan fingerprint density at radius 2 is 2.05 bits per heavy atom. The lowest BCUT2D eigenvalue weighted by Gasteiger charge is -2.12. The van der Waals surface area contributed by atoms with E-state index in [1.54, 1.807) is 12.3 Å². The van der Waals surface area contributed by atoms with Crippen molar-refractivity contribution in [3.05, 3.63) is 42.6 Å². The number of hydrogen-bond acceptors (Lipinski definition) is 4. The Bertz CT molecular complexity index is 582. The number of pyridine rings is 1. The van der Waals surface area contributed by atoms with Crippen molar-refractivity contribution in [1.82, 2.24) is 4.98 Å². The third kappa shape index (κ3) is 3.71. The molecule has 0 atom stereocenters. The predicted molar refractivity (Wildman–Crippen MR) is 79.4 cm³/mol. The van der Waals surface area contributed by atoms with E-state index >= 15 is 0 Å². The van der Waals surface area contributed by atoms with Gasteiger partial charge in [-0.15, -0.1) is 0 Å². The van der Waals surface area contributed by atoms with Crippen LogP contribution in [0.3, 0.4) is 0 Å². The zero-order valence-corrected chi connectivity index (χ0v) is 11.5. The van der Waals surface area contributed by atoms with Crippen LogP contribution >= 0.6 is 0 Å². The Balaban J connectivity index is 2.12. The van der Waals surface area contributed by atoms with E-state index in [9.17, 15) is 4.79 Å². The summed E-state index contributed by atoms with van der Waals surface area (Å²) in [6, 6.07) is 11.3. The van der Waals surface area contributed by atoms with Gasteiger partial charge in [0.15, 0.2) is 0 Å². The molecule has 0 fully saturated rings. The average molecular weight is 271 g/mol. The van der Waals surface area contributed by atoms with Gasteiger partial charge in [0.2, 0.25) is 5.91 Å². The molecule has 5 nitrogen and oxygen atoms in total. The normalized spacial score (nSPS) is 9.90. The van der Waals surface area contributed by atoms with Crippen molar-refractivity contribution >= 4 is 23.1 Å². The van der Waals surface area contributed by atoms with Gasteiger partial charge in [-0.2, -0.15) is 0 Å². The van der Waals surface area contributed by atoms with Crippen LogP contribution in [0.5, 0.6) is 5.75 Å². The minimum absolute atomic E-state index is 0.139. The fraction of sp³-hybridized carbons (Fsp3) is 0.200. The molecular formula is C15H17N3O2. The van der Waals surface area contributed by atoms with Gasteiger partial charge in [0.25, 0.3) is 0 Å². The number of carbonyl (C=O) groups is 1. The molecule has 0 aliphatic rings. The molecule has 1 heterocycles. The number of anilines is 3. The summed E-state index contributed by atoms with van der Waals surface area (Å²) < 4.78 is 5.55. The Morgan fingerprint density at radius 3 is 2.70 bits per heavy atom. The molecule has 0 bridgehead atoms. The quantitative estimate of drug-likeness (QED) is 0.876. The first-order valence-electron chi connectivity index (χ1n) is 6.41. The first-order chi connectivity index (χ1) is 9.69. The monoisotopic (exact) mass is 271 g/mol. The van der Waals surface area contributed by atoms with Crippen LogP contribution in [0.15, 0.2) is 42.6 Å². The molecule has 1 aromatic carbocycles. The summed E-state index contributed by atoms with van der Waals surface area (Å²) in [5.74, 6) is 1.18. The highest BCUT2D eigenvalue weighted by atomic mass is 16.5. The summed E-state index contributed by atoms with van der Waals surface area (Å²) in [5.41, 5.74) is 1.70. The second-order valence-corrected chi connectivity index (χ2v) is 4.17. The van der Waals surface area contributed by atoms with Gasteiger partial charge in [0.1, 0.15) is 11.6 Å². The maximum Gasteiger partial charge on any atom is 0.222 e. The maximum atomic E-state index is 10.9. The molecule has 20 heavy (non-hydrogen) atoms. The van der Waals surface area contributed by atoms with Crippen molar-refractivity contribution < 1.29 is 9.53 Å². The average Bonchev–Trinajstić information content (AvgIpc) is 2.43. The molecule has 0 saturated heterocycles. The molecule has 104 valence electrons. The lowest BCUT2D eigenvalue weighted by atomic mass is 10.2. The second kappa shape index (κ2) is 6.56. The van der Waals surface area contributed by atoms with Crippen molar-refractivity contribution in [2.24, 2.45) is 0 Å². The van der Waals surface area contributed by atoms with Crippen LogP contribution in [0.1, 0.15) is 13.8 Å². The highest BCUT2D eigenvalue weighted by Gasteiger charge is 2.03. The van der Waals surface area contributed by atoms with E-state index in [4.69, 9.17) is 4.74 Å². The molecule has 0 unspecified atom stereocenters. The van der Waals surface area contributed by atoms with Crippen LogP contribution < -0.4 is 15.4 Å². The Labute approximate surface area is 118 Å². The number of carbonyl (C=O) groups excluding carboxylic acids is 1. The van der Waals surface area contributed by atoms with Crippen LogP contribution in [0, 0.1) is 0 Å². The molecule has 0 radical (unpaired) electrons. The molecular weight excluding hydrogens is 254 g/mol. The Kier molecular flexibility index (Phi) is 4.55. The van der Waals surface area contributed by atoms with E-state index < -0.39 is 0 Å². The summed E-state index contributed by atoms with van der Waals surface area (Å²) in [7, 11) is 0. The highest BCUT2D eigenvalue weighted by molar-refractivity contribution is 5.87. The SMILES string of the molecule is CCOc1ccccc1Nc1ccc(NC(C)=O)nc1. The zero-order valence-electron chi connectivity index (χ0n) is 11.5. The third-order valence-electron chi connectivity index (χ3n) is 2.53. The molecule has 0 aliphatic carbocycles. The van der Waals surface area contributed by atoms with E-state index in [1.807, 2.05) is 37.3 Å². The maximum absolute atomic E-state index is 10.9. The van der Waals surface area contributed by atoms with Crippen LogP contribution in [0.25, 0.3) is 0 Å². The van der Waals surface area contributed by atoms with Crippen molar-refractivity contribution in [2.45, 2.75) is 13.8 Å². The number of hydrogen-bond donors (Lipinski definition) is 2. The Hall–Kier alpha value is -2.56. The van der Waals surface area contributed by atoms with E-state index in [2.05, 4.69) is 15.6 Å². The molecule has 0 spiro atoms. The van der Waals surface area contributed by atoms with Gasteiger partial charge in [-0.05, 0) is 31.2 Å². The summed E-state index contributed by atoms with van der Waals surface area (Å²) >= 11 is 0. The predicted octanol–water partition coefficient (Wildman–Crippen LogP) is 3.18. The smallest absolute Gasteiger partial charge is 0.222 e. The van der Waals surface area contributed by atoms with Crippen molar-refractivity contribution in [3.63, 3.8) is 0 Å². The van der Waals surface area contributed by atoms with E-state index in [1.165, 1.54) is 6.92 Å². The third-order valence-corrected chi connectivity index (χ3v) is 2.53. The molecule has 2 N–H and O–H groups in total. The standard InChI is InChI=1S/C15H17N3O2/c1-3-20-14-7-5-4-6-13(14)18-12-8-9-15(16-10-12)17-11(2)19/h4-10,18H,3H2,1-2H3,(H,16,17,19). The Morgan fingerprint density at radius 1 is 1.25 bits per heavy atom. The number of ether oxygens (including phenoxy) is 1. The summed E-state index contributed by atoms with van der Waals surface area (Å²) in [5, 5.41) is 5.86. The first-order valence-corrected chi connectivity index (χ1v) is 6.41. The lowest BCUT2D eigenvalue weighted by Crippen LogP contribution is -2.07. The van der Waals surface area contributed by atoms with Gasteiger partial charge in [-0.1, -0.05) is 12.1 Å². The zero-order chi connectivity index (χ0) is 14.4. The number of amides is 1. The molecule has 2 rings (SSSR count). The molecule has 1 amide bonds. The van der Waals surface area contributed by atoms with Crippen LogP contribution in [0.2, 0.25) is 0 Å². The molecule has 2 aromatic rings. The fourth-order valence-corrected chi connectivity index (χ4v) is 1.73. The minimum atomic E-state index is -0.139. The molecule has 0 saturated carbocycles. The van der Waals surface area contributed by atoms with Gasteiger partial charge < -0.3 is 15.4 Å². The number of nitrogens with one attached hydrogen (secondary N) is 2. The largest absolute Gasteiger partial charge is 0.492 e. The summed E-state index contributed by atoms with van der Waals surface area (Å²) in [4.78, 5) is 15.1. The van der Waals surface area contributed by atoms with Gasteiger partial charge >= 0.3 is 0 Å². The molecule has 1 aromatic heterocycles. The van der Waals surface area contributed by atoms with Crippen LogP contribution in [-0.4, -0.2) is 17.5 Å². The van der Waals surface area contributed by atoms with Gasteiger partial charge in [0.05, 0.1) is 24.2 Å². The number of aromatic nitrogens is 1. The van der Waals surface area contributed by atoms with Gasteiger partial charge in [-0.3, -0.25) is 4.79 Å². The van der Waals surface area contributed by atoms with Gasteiger partial charge in [-0.25, -0.2) is 4.98 Å². The highest BCUT2D eigenvalue weighted by Crippen LogP contribution is 2.27. The minimum Gasteiger partial charge on any atom is -0.492 e. The van der Waals surface area contributed by atoms with Crippen molar-refractivity contribution in [1.29, 1.82) is 0 Å². The summed E-state index contributed by atoms with van der Waals surface area (Å²) in [6.45, 7) is 4.01. The number of para-hydroxylation sites is 2. The second-order valence-electron chi connectivity index (χ2n) is 4.17. The summed E-state index contributed by atoms with van der Waals surface area (Å²) in [6.07, 6.45) is 1.66. The molecule has 0 aliphatic heterocycles. The number of nitrogens with zero attached hydrogens (tertiary/aromatic N) is 1. The van der Waals surface area contributed by atoms with E-state index in [-0.39, 0.29) is 5.91 Å². The van der Waals surface area contributed by atoms with Crippen molar-refractivity contribution in [3.8, 4) is 5.75 Å². The fourth-order valence-electron chi connectivity index (χ4n) is 1.73. The topological polar surface area (TPSA) is 63.2 Å². The van der Waals surface area contributed by atoms with E-state index in [0.717, 1.165) is 17.1 Å². The van der Waals surface area contributed by atoms with Crippen molar-refractivity contribution in [2.75, 3.05) is 17.2 Å². The van der Waals surface area contributed by atoms with Crippen LogP contribution in [-0.2, 0) is 4.79 Å². The number of benzene rings is 1. The van der Waals surface area contributed by atoms with E-state index in [0.29, 0.717) is 12.4 Å². The first kappa shape index (κ1) is 13.9. The van der Waals surface area contributed by atoms with Gasteiger partial charge in [0, 0.05) is 6.92 Å². The lowest BCUT2D eigenvalue weighted by molar-refractivity contribution is -0.114.